The molecule has 19 heavy (non-hydrogen) atoms. The predicted molar refractivity (Wildman–Crippen MR) is 72.4 cm³/mol. The van der Waals surface area contributed by atoms with E-state index in [0.717, 1.165) is 17.1 Å². The summed E-state index contributed by atoms with van der Waals surface area (Å²) >= 11 is 5.74. The number of para-hydroxylation sites is 2. The minimum absolute atomic E-state index is 0.390. The highest BCUT2D eigenvalue weighted by atomic mass is 35.5. The van der Waals surface area contributed by atoms with Gasteiger partial charge in [-0.15, -0.1) is 5.10 Å². The molecule has 0 saturated heterocycles. The molecular weight excluding hydrogens is 264 g/mol. The van der Waals surface area contributed by atoms with Crippen molar-refractivity contribution in [3.63, 3.8) is 0 Å². The lowest BCUT2D eigenvalue weighted by Crippen LogP contribution is -2.04. The summed E-state index contributed by atoms with van der Waals surface area (Å²) in [6.07, 6.45) is 3.44. The Balaban J connectivity index is 1.81. The molecule has 0 unspecified atom stereocenters. The van der Waals surface area contributed by atoms with Gasteiger partial charge in [-0.25, -0.2) is 4.68 Å². The van der Waals surface area contributed by atoms with E-state index < -0.39 is 0 Å². The Kier molecular flexibility index (Phi) is 3.20. The Morgan fingerprint density at radius 1 is 1.21 bits per heavy atom. The van der Waals surface area contributed by atoms with Crippen LogP contribution in [0.5, 0.6) is 0 Å². The fourth-order valence-corrected chi connectivity index (χ4v) is 1.95. The summed E-state index contributed by atoms with van der Waals surface area (Å²) in [4.78, 5) is 0. The summed E-state index contributed by atoms with van der Waals surface area (Å²) in [5.74, 6) is 0.776. The molecule has 0 amide bonds. The van der Waals surface area contributed by atoms with Crippen molar-refractivity contribution < 1.29 is 4.42 Å². The maximum absolute atomic E-state index is 5.74. The van der Waals surface area contributed by atoms with Crippen LogP contribution in [0.25, 0.3) is 5.69 Å². The van der Waals surface area contributed by atoms with Gasteiger partial charge < -0.3 is 9.73 Å². The van der Waals surface area contributed by atoms with Crippen LogP contribution < -0.4 is 5.32 Å². The highest BCUT2D eigenvalue weighted by Gasteiger charge is 2.05. The first-order chi connectivity index (χ1) is 9.33. The first-order valence-corrected chi connectivity index (χ1v) is 6.14. The van der Waals surface area contributed by atoms with Crippen LogP contribution in [0.4, 0.5) is 5.69 Å². The third-order valence-electron chi connectivity index (χ3n) is 2.66. The number of benzene rings is 1. The van der Waals surface area contributed by atoms with E-state index in [1.54, 1.807) is 23.1 Å². The lowest BCUT2D eigenvalue weighted by atomic mass is 10.2. The lowest BCUT2D eigenvalue weighted by molar-refractivity contribution is 0.520. The molecule has 96 valence electrons. The number of rotatable bonds is 4. The molecule has 2 aromatic heterocycles. The van der Waals surface area contributed by atoms with E-state index in [1.165, 1.54) is 0 Å². The minimum atomic E-state index is 0.390. The van der Waals surface area contributed by atoms with Crippen molar-refractivity contribution >= 4 is 17.3 Å². The lowest BCUT2D eigenvalue weighted by Gasteiger charge is -2.10. The zero-order valence-corrected chi connectivity index (χ0v) is 10.7. The van der Waals surface area contributed by atoms with Crippen molar-refractivity contribution in [1.29, 1.82) is 0 Å². The van der Waals surface area contributed by atoms with Crippen molar-refractivity contribution in [3.05, 3.63) is 59.8 Å². The second kappa shape index (κ2) is 5.16. The molecule has 0 aliphatic carbocycles. The fraction of sp³-hybridized carbons (Fsp3) is 0.0769. The van der Waals surface area contributed by atoms with Gasteiger partial charge in [0.1, 0.15) is 5.76 Å². The van der Waals surface area contributed by atoms with Crippen LogP contribution in [0.2, 0.25) is 5.22 Å². The third kappa shape index (κ3) is 2.61. The SMILES string of the molecule is Clc1ccc(CNc2ccccc2-n2ccnn2)o1. The van der Waals surface area contributed by atoms with Gasteiger partial charge in [0.25, 0.3) is 0 Å². The van der Waals surface area contributed by atoms with Crippen molar-refractivity contribution in [3.8, 4) is 5.69 Å². The van der Waals surface area contributed by atoms with Crippen LogP contribution in [-0.4, -0.2) is 15.0 Å². The van der Waals surface area contributed by atoms with Gasteiger partial charge in [-0.2, -0.15) is 0 Å². The Bertz CT molecular complexity index is 663. The maximum Gasteiger partial charge on any atom is 0.193 e. The molecule has 6 heteroatoms. The van der Waals surface area contributed by atoms with Gasteiger partial charge >= 0.3 is 0 Å². The molecular formula is C13H11ClN4O. The van der Waals surface area contributed by atoms with Crippen LogP contribution in [0.1, 0.15) is 5.76 Å². The van der Waals surface area contributed by atoms with E-state index in [0.29, 0.717) is 11.8 Å². The van der Waals surface area contributed by atoms with Gasteiger partial charge in [0.15, 0.2) is 5.22 Å². The molecule has 0 radical (unpaired) electrons. The number of anilines is 1. The first kappa shape index (κ1) is 11.8. The average molecular weight is 275 g/mol. The molecule has 0 fully saturated rings. The van der Waals surface area contributed by atoms with Crippen LogP contribution in [0.3, 0.4) is 0 Å². The molecule has 3 rings (SSSR count). The molecule has 0 saturated carbocycles. The minimum Gasteiger partial charge on any atom is -0.448 e. The molecule has 3 aromatic rings. The Morgan fingerprint density at radius 3 is 2.84 bits per heavy atom. The molecule has 0 aliphatic heterocycles. The van der Waals surface area contributed by atoms with Crippen molar-refractivity contribution in [1.82, 2.24) is 15.0 Å². The van der Waals surface area contributed by atoms with E-state index in [-0.39, 0.29) is 0 Å². The quantitative estimate of drug-likeness (QED) is 0.794. The number of nitrogens with one attached hydrogen (secondary N) is 1. The van der Waals surface area contributed by atoms with E-state index in [4.69, 9.17) is 16.0 Å². The van der Waals surface area contributed by atoms with Gasteiger partial charge in [0, 0.05) is 0 Å². The normalized spacial score (nSPS) is 10.6. The maximum atomic E-state index is 5.74. The van der Waals surface area contributed by atoms with Crippen LogP contribution >= 0.6 is 11.6 Å². The topological polar surface area (TPSA) is 55.9 Å². The first-order valence-electron chi connectivity index (χ1n) is 5.77. The standard InChI is InChI=1S/C13H11ClN4O/c14-13-6-5-10(19-13)9-15-11-3-1-2-4-12(11)18-8-7-16-17-18/h1-8,15H,9H2. The molecule has 2 heterocycles. The number of nitrogens with zero attached hydrogens (tertiary/aromatic N) is 3. The molecule has 1 N–H and O–H groups in total. The molecule has 0 spiro atoms. The summed E-state index contributed by atoms with van der Waals surface area (Å²) in [7, 11) is 0. The largest absolute Gasteiger partial charge is 0.448 e. The van der Waals surface area contributed by atoms with Gasteiger partial charge in [-0.3, -0.25) is 0 Å². The molecule has 0 aliphatic rings. The van der Waals surface area contributed by atoms with Gasteiger partial charge in [-0.05, 0) is 35.9 Å². The highest BCUT2D eigenvalue weighted by molar-refractivity contribution is 6.28. The smallest absolute Gasteiger partial charge is 0.193 e. The predicted octanol–water partition coefficient (Wildman–Crippen LogP) is 3.13. The number of furan rings is 1. The second-order valence-electron chi connectivity index (χ2n) is 3.92. The van der Waals surface area contributed by atoms with Crippen LogP contribution in [0, 0.1) is 0 Å². The summed E-state index contributed by atoms with van der Waals surface area (Å²) < 4.78 is 7.01. The number of halogens is 1. The zero-order chi connectivity index (χ0) is 13.1. The summed E-state index contributed by atoms with van der Waals surface area (Å²) in [6, 6.07) is 11.4. The summed E-state index contributed by atoms with van der Waals surface area (Å²) in [5.41, 5.74) is 1.87. The fourth-order valence-electron chi connectivity index (χ4n) is 1.79. The van der Waals surface area contributed by atoms with Crippen LogP contribution in [0.15, 0.2) is 53.2 Å². The Hall–Kier alpha value is -2.27. The highest BCUT2D eigenvalue weighted by Crippen LogP contribution is 2.20. The third-order valence-corrected chi connectivity index (χ3v) is 2.86. The van der Waals surface area contributed by atoms with E-state index >= 15 is 0 Å². The Morgan fingerprint density at radius 2 is 2.11 bits per heavy atom. The summed E-state index contributed by atoms with van der Waals surface area (Å²) in [6.45, 7) is 0.554. The molecule has 1 aromatic carbocycles. The van der Waals surface area contributed by atoms with E-state index in [9.17, 15) is 0 Å². The molecule has 5 nitrogen and oxygen atoms in total. The monoisotopic (exact) mass is 274 g/mol. The number of hydrogen-bond acceptors (Lipinski definition) is 4. The summed E-state index contributed by atoms with van der Waals surface area (Å²) in [5, 5.41) is 11.5. The Labute approximate surface area is 114 Å². The molecule has 0 bridgehead atoms. The number of hydrogen-bond donors (Lipinski definition) is 1. The van der Waals surface area contributed by atoms with Crippen molar-refractivity contribution in [2.75, 3.05) is 5.32 Å². The zero-order valence-electron chi connectivity index (χ0n) is 9.95. The number of aromatic nitrogens is 3. The van der Waals surface area contributed by atoms with Crippen molar-refractivity contribution in [2.24, 2.45) is 0 Å². The van der Waals surface area contributed by atoms with Gasteiger partial charge in [0.05, 0.1) is 30.3 Å². The van der Waals surface area contributed by atoms with Gasteiger partial charge in [0.2, 0.25) is 0 Å². The van der Waals surface area contributed by atoms with Gasteiger partial charge in [-0.1, -0.05) is 17.3 Å². The molecule has 0 atom stereocenters. The van der Waals surface area contributed by atoms with E-state index in [1.807, 2.05) is 30.3 Å². The van der Waals surface area contributed by atoms with Crippen LogP contribution in [-0.2, 0) is 6.54 Å². The second-order valence-corrected chi connectivity index (χ2v) is 4.30. The van der Waals surface area contributed by atoms with E-state index in [2.05, 4.69) is 15.6 Å². The average Bonchev–Trinajstić information content (AvgIpc) is 3.08. The van der Waals surface area contributed by atoms with Crippen molar-refractivity contribution in [2.45, 2.75) is 6.54 Å².